The summed E-state index contributed by atoms with van der Waals surface area (Å²) < 4.78 is 5.02. The van der Waals surface area contributed by atoms with Gasteiger partial charge in [0, 0.05) is 13.2 Å². The van der Waals surface area contributed by atoms with Gasteiger partial charge in [0.2, 0.25) is 5.91 Å². The third-order valence-corrected chi connectivity index (χ3v) is 2.74. The van der Waals surface area contributed by atoms with Gasteiger partial charge in [0.25, 0.3) is 0 Å². The molecule has 0 heterocycles. The van der Waals surface area contributed by atoms with Gasteiger partial charge in [0.15, 0.2) is 0 Å². The minimum atomic E-state index is -0.0140. The van der Waals surface area contributed by atoms with Crippen molar-refractivity contribution >= 4 is 5.91 Å². The first-order valence-corrected chi connectivity index (χ1v) is 6.71. The van der Waals surface area contributed by atoms with Crippen LogP contribution in [0.4, 0.5) is 0 Å². The van der Waals surface area contributed by atoms with Gasteiger partial charge in [-0.1, -0.05) is 36.8 Å². The SMILES string of the molecule is CCOCC(=O)NCCCCCc1ccccc1. The number of nitrogens with one attached hydrogen (secondary N) is 1. The van der Waals surface area contributed by atoms with E-state index < -0.39 is 0 Å². The zero-order valence-corrected chi connectivity index (χ0v) is 11.2. The molecule has 100 valence electrons. The highest BCUT2D eigenvalue weighted by molar-refractivity contribution is 5.77. The Kier molecular flexibility index (Phi) is 7.89. The summed E-state index contributed by atoms with van der Waals surface area (Å²) in [6, 6.07) is 10.5. The van der Waals surface area contributed by atoms with E-state index in [9.17, 15) is 4.79 Å². The molecule has 0 atom stereocenters. The van der Waals surface area contributed by atoms with Crippen LogP contribution < -0.4 is 5.32 Å². The van der Waals surface area contributed by atoms with Crippen molar-refractivity contribution < 1.29 is 9.53 Å². The molecule has 0 saturated carbocycles. The quantitative estimate of drug-likeness (QED) is 0.683. The van der Waals surface area contributed by atoms with Crippen LogP contribution in [0.2, 0.25) is 0 Å². The van der Waals surface area contributed by atoms with E-state index in [2.05, 4.69) is 29.6 Å². The van der Waals surface area contributed by atoms with E-state index in [1.165, 1.54) is 12.0 Å². The summed E-state index contributed by atoms with van der Waals surface area (Å²) in [5, 5.41) is 2.85. The van der Waals surface area contributed by atoms with Crippen molar-refractivity contribution in [3.8, 4) is 0 Å². The van der Waals surface area contributed by atoms with E-state index in [1.807, 2.05) is 13.0 Å². The van der Waals surface area contributed by atoms with Crippen molar-refractivity contribution in [2.75, 3.05) is 19.8 Å². The van der Waals surface area contributed by atoms with Gasteiger partial charge in [-0.2, -0.15) is 0 Å². The minimum Gasteiger partial charge on any atom is -0.372 e. The molecular weight excluding hydrogens is 226 g/mol. The number of benzene rings is 1. The molecular formula is C15H23NO2. The number of carbonyl (C=O) groups excluding carboxylic acids is 1. The predicted molar refractivity (Wildman–Crippen MR) is 73.5 cm³/mol. The molecule has 3 heteroatoms. The van der Waals surface area contributed by atoms with Crippen LogP contribution >= 0.6 is 0 Å². The van der Waals surface area contributed by atoms with E-state index in [1.54, 1.807) is 0 Å². The summed E-state index contributed by atoms with van der Waals surface area (Å²) in [5.41, 5.74) is 1.39. The van der Waals surface area contributed by atoms with Crippen molar-refractivity contribution in [1.82, 2.24) is 5.32 Å². The molecule has 1 aromatic carbocycles. The highest BCUT2D eigenvalue weighted by atomic mass is 16.5. The average molecular weight is 249 g/mol. The first-order chi connectivity index (χ1) is 8.83. The van der Waals surface area contributed by atoms with E-state index in [0.29, 0.717) is 6.61 Å². The van der Waals surface area contributed by atoms with Crippen molar-refractivity contribution in [1.29, 1.82) is 0 Å². The summed E-state index contributed by atoms with van der Waals surface area (Å²) >= 11 is 0. The van der Waals surface area contributed by atoms with Gasteiger partial charge < -0.3 is 10.1 Å². The smallest absolute Gasteiger partial charge is 0.245 e. The number of hydrogen-bond donors (Lipinski definition) is 1. The van der Waals surface area contributed by atoms with E-state index in [0.717, 1.165) is 25.8 Å². The van der Waals surface area contributed by atoms with Crippen LogP contribution in [0.25, 0.3) is 0 Å². The van der Waals surface area contributed by atoms with Gasteiger partial charge in [-0.25, -0.2) is 0 Å². The average Bonchev–Trinajstić information content (AvgIpc) is 2.41. The molecule has 0 aromatic heterocycles. The highest BCUT2D eigenvalue weighted by Gasteiger charge is 1.99. The predicted octanol–water partition coefficient (Wildman–Crippen LogP) is 2.55. The maximum atomic E-state index is 11.2. The largest absolute Gasteiger partial charge is 0.372 e. The summed E-state index contributed by atoms with van der Waals surface area (Å²) in [7, 11) is 0. The van der Waals surface area contributed by atoms with Crippen molar-refractivity contribution in [2.24, 2.45) is 0 Å². The fourth-order valence-corrected chi connectivity index (χ4v) is 1.75. The number of amides is 1. The number of unbranched alkanes of at least 4 members (excludes halogenated alkanes) is 2. The van der Waals surface area contributed by atoms with Gasteiger partial charge >= 0.3 is 0 Å². The molecule has 0 fully saturated rings. The molecule has 1 rings (SSSR count). The minimum absolute atomic E-state index is 0.0140. The van der Waals surface area contributed by atoms with E-state index in [-0.39, 0.29) is 12.5 Å². The molecule has 0 aliphatic rings. The maximum Gasteiger partial charge on any atom is 0.245 e. The normalized spacial score (nSPS) is 10.3. The lowest BCUT2D eigenvalue weighted by Crippen LogP contribution is -2.28. The summed E-state index contributed by atoms with van der Waals surface area (Å²) in [5.74, 6) is -0.0140. The fraction of sp³-hybridized carbons (Fsp3) is 0.533. The zero-order chi connectivity index (χ0) is 13.1. The highest BCUT2D eigenvalue weighted by Crippen LogP contribution is 2.05. The third kappa shape index (κ3) is 7.07. The molecule has 0 unspecified atom stereocenters. The second-order valence-corrected chi connectivity index (χ2v) is 4.28. The Morgan fingerprint density at radius 1 is 1.17 bits per heavy atom. The molecule has 0 saturated heterocycles. The van der Waals surface area contributed by atoms with Crippen molar-refractivity contribution in [3.63, 3.8) is 0 Å². The second-order valence-electron chi connectivity index (χ2n) is 4.28. The lowest BCUT2D eigenvalue weighted by atomic mass is 10.1. The standard InChI is InChI=1S/C15H23NO2/c1-2-18-13-15(17)16-12-8-4-7-11-14-9-5-3-6-10-14/h3,5-6,9-10H,2,4,7-8,11-13H2,1H3,(H,16,17). The molecule has 1 aromatic rings. The number of hydrogen-bond acceptors (Lipinski definition) is 2. The van der Waals surface area contributed by atoms with Crippen LogP contribution in [0.1, 0.15) is 31.7 Å². The van der Waals surface area contributed by atoms with Crippen molar-refractivity contribution in [2.45, 2.75) is 32.6 Å². The molecule has 18 heavy (non-hydrogen) atoms. The Hall–Kier alpha value is -1.35. The number of rotatable bonds is 9. The monoisotopic (exact) mass is 249 g/mol. The Morgan fingerprint density at radius 2 is 1.94 bits per heavy atom. The first-order valence-electron chi connectivity index (χ1n) is 6.71. The van der Waals surface area contributed by atoms with Gasteiger partial charge in [0.05, 0.1) is 0 Å². The van der Waals surface area contributed by atoms with Crippen LogP contribution in [-0.4, -0.2) is 25.7 Å². The molecule has 1 N–H and O–H groups in total. The van der Waals surface area contributed by atoms with Crippen LogP contribution in [0.3, 0.4) is 0 Å². The molecule has 1 amide bonds. The van der Waals surface area contributed by atoms with Crippen LogP contribution in [-0.2, 0) is 16.0 Å². The van der Waals surface area contributed by atoms with Crippen LogP contribution in [0.5, 0.6) is 0 Å². The summed E-state index contributed by atoms with van der Waals surface area (Å²) in [6.07, 6.45) is 4.47. The number of ether oxygens (including phenoxy) is 1. The molecule has 3 nitrogen and oxygen atoms in total. The van der Waals surface area contributed by atoms with Gasteiger partial charge in [-0.15, -0.1) is 0 Å². The van der Waals surface area contributed by atoms with Crippen molar-refractivity contribution in [3.05, 3.63) is 35.9 Å². The molecule has 0 bridgehead atoms. The molecule has 0 spiro atoms. The zero-order valence-electron chi connectivity index (χ0n) is 11.2. The van der Waals surface area contributed by atoms with Gasteiger partial charge in [-0.05, 0) is 31.7 Å². The lowest BCUT2D eigenvalue weighted by molar-refractivity contribution is -0.125. The lowest BCUT2D eigenvalue weighted by Gasteiger charge is -2.05. The van der Waals surface area contributed by atoms with Gasteiger partial charge in [-0.3, -0.25) is 4.79 Å². The Labute approximate surface area is 110 Å². The van der Waals surface area contributed by atoms with E-state index in [4.69, 9.17) is 4.74 Å². The third-order valence-electron chi connectivity index (χ3n) is 2.74. The topological polar surface area (TPSA) is 38.3 Å². The van der Waals surface area contributed by atoms with Crippen LogP contribution in [0, 0.1) is 0 Å². The first kappa shape index (κ1) is 14.7. The maximum absolute atomic E-state index is 11.2. The fourth-order valence-electron chi connectivity index (χ4n) is 1.75. The Morgan fingerprint density at radius 3 is 2.67 bits per heavy atom. The summed E-state index contributed by atoms with van der Waals surface area (Å²) in [4.78, 5) is 11.2. The Bertz CT molecular complexity index is 325. The number of aryl methyl sites for hydroxylation is 1. The molecule has 0 radical (unpaired) electrons. The van der Waals surface area contributed by atoms with Gasteiger partial charge in [0.1, 0.15) is 6.61 Å². The second kappa shape index (κ2) is 9.66. The van der Waals surface area contributed by atoms with E-state index >= 15 is 0 Å². The summed E-state index contributed by atoms with van der Waals surface area (Å²) in [6.45, 7) is 3.41. The number of carbonyl (C=O) groups is 1. The van der Waals surface area contributed by atoms with Crippen LogP contribution in [0.15, 0.2) is 30.3 Å². The molecule has 0 aliphatic heterocycles. The Balaban J connectivity index is 1.94. The molecule has 0 aliphatic carbocycles.